The summed E-state index contributed by atoms with van der Waals surface area (Å²) in [5.41, 5.74) is 3.15. The van der Waals surface area contributed by atoms with E-state index in [1.165, 1.54) is 11.1 Å². The van der Waals surface area contributed by atoms with Crippen molar-refractivity contribution in [1.82, 2.24) is 4.90 Å². The van der Waals surface area contributed by atoms with Gasteiger partial charge in [-0.2, -0.15) is 0 Å². The summed E-state index contributed by atoms with van der Waals surface area (Å²) in [6.07, 6.45) is 6.31. The van der Waals surface area contributed by atoms with Crippen LogP contribution in [-0.2, 0) is 27.1 Å². The summed E-state index contributed by atoms with van der Waals surface area (Å²) in [6.45, 7) is 6.11. The van der Waals surface area contributed by atoms with Crippen molar-refractivity contribution in [3.05, 3.63) is 35.4 Å². The maximum absolute atomic E-state index is 12.8. The molecule has 26 heavy (non-hydrogen) atoms. The molecule has 4 heteroatoms. The summed E-state index contributed by atoms with van der Waals surface area (Å²) in [4.78, 5) is 14.9. The molecule has 2 fully saturated rings. The van der Waals surface area contributed by atoms with Crippen LogP contribution >= 0.6 is 0 Å². The zero-order valence-corrected chi connectivity index (χ0v) is 15.9. The second kappa shape index (κ2) is 7.69. The van der Waals surface area contributed by atoms with Gasteiger partial charge in [0.05, 0.1) is 19.3 Å². The van der Waals surface area contributed by atoms with Gasteiger partial charge in [0.1, 0.15) is 0 Å². The number of likely N-dealkylation sites (tertiary alicyclic amines) is 1. The van der Waals surface area contributed by atoms with Crippen molar-refractivity contribution in [1.29, 1.82) is 0 Å². The van der Waals surface area contributed by atoms with Gasteiger partial charge in [-0.3, -0.25) is 4.79 Å². The second-order valence-corrected chi connectivity index (χ2v) is 8.42. The summed E-state index contributed by atoms with van der Waals surface area (Å²) in [5.74, 6) is 0.837. The first kappa shape index (κ1) is 18.0. The third-order valence-electron chi connectivity index (χ3n) is 6.57. The highest BCUT2D eigenvalue weighted by molar-refractivity contribution is 5.76. The van der Waals surface area contributed by atoms with E-state index >= 15 is 0 Å². The topological polar surface area (TPSA) is 38.8 Å². The van der Waals surface area contributed by atoms with Gasteiger partial charge in [0.2, 0.25) is 5.91 Å². The van der Waals surface area contributed by atoms with Gasteiger partial charge in [0, 0.05) is 26.1 Å². The third-order valence-corrected chi connectivity index (χ3v) is 6.57. The molecular weight excluding hydrogens is 326 g/mol. The van der Waals surface area contributed by atoms with Crippen LogP contribution in [0.1, 0.15) is 43.7 Å². The van der Waals surface area contributed by atoms with Crippen LogP contribution in [0.25, 0.3) is 0 Å². The van der Waals surface area contributed by atoms with Crippen LogP contribution < -0.4 is 0 Å². The first-order valence-corrected chi connectivity index (χ1v) is 10.2. The number of nitrogens with zero attached hydrogens (tertiary/aromatic N) is 1. The largest absolute Gasteiger partial charge is 0.379 e. The Morgan fingerprint density at radius 2 is 1.92 bits per heavy atom. The highest BCUT2D eigenvalue weighted by Gasteiger charge is 2.43. The first-order valence-electron chi connectivity index (χ1n) is 10.2. The molecule has 3 aliphatic rings. The first-order chi connectivity index (χ1) is 12.7. The SMILES string of the molecule is CCOCC1CC2(CCN(C(=O)CC3Cc4ccccc4C3)CC2)CO1. The van der Waals surface area contributed by atoms with Crippen LogP contribution in [0.2, 0.25) is 0 Å². The van der Waals surface area contributed by atoms with Crippen LogP contribution in [0.3, 0.4) is 0 Å². The number of fused-ring (bicyclic) bond motifs is 1. The number of hydrogen-bond acceptors (Lipinski definition) is 3. The van der Waals surface area contributed by atoms with Crippen LogP contribution in [0.5, 0.6) is 0 Å². The summed E-state index contributed by atoms with van der Waals surface area (Å²) in [7, 11) is 0. The minimum atomic E-state index is 0.245. The molecule has 1 aromatic rings. The van der Waals surface area contributed by atoms with Gasteiger partial charge in [0.15, 0.2) is 0 Å². The van der Waals surface area contributed by atoms with E-state index in [4.69, 9.17) is 9.47 Å². The van der Waals surface area contributed by atoms with Crippen LogP contribution in [0, 0.1) is 11.3 Å². The van der Waals surface area contributed by atoms with Gasteiger partial charge in [-0.1, -0.05) is 24.3 Å². The molecule has 4 nitrogen and oxygen atoms in total. The standard InChI is InChI=1S/C22H31NO3/c1-2-25-15-20-14-22(16-26-20)7-9-23(10-8-22)21(24)13-17-11-18-5-3-4-6-19(18)12-17/h3-6,17,20H,2,7-16H2,1H3. The zero-order chi connectivity index (χ0) is 18.0. The Bertz CT molecular complexity index is 611. The maximum atomic E-state index is 12.8. The normalized spacial score (nSPS) is 25.0. The molecular formula is C22H31NO3. The van der Waals surface area contributed by atoms with E-state index in [-0.39, 0.29) is 11.5 Å². The van der Waals surface area contributed by atoms with E-state index in [1.54, 1.807) is 0 Å². The van der Waals surface area contributed by atoms with Crippen molar-refractivity contribution in [2.45, 2.75) is 51.6 Å². The minimum absolute atomic E-state index is 0.245. The van der Waals surface area contributed by atoms with E-state index in [0.29, 0.717) is 24.9 Å². The van der Waals surface area contributed by atoms with Crippen molar-refractivity contribution < 1.29 is 14.3 Å². The molecule has 0 N–H and O–H groups in total. The van der Waals surface area contributed by atoms with Crippen molar-refractivity contribution in [3.8, 4) is 0 Å². The van der Waals surface area contributed by atoms with Crippen LogP contribution in [0.4, 0.5) is 0 Å². The van der Waals surface area contributed by atoms with Gasteiger partial charge in [-0.15, -0.1) is 0 Å². The molecule has 0 bridgehead atoms. The molecule has 2 heterocycles. The van der Waals surface area contributed by atoms with Gasteiger partial charge in [-0.05, 0) is 61.5 Å². The molecule has 142 valence electrons. The van der Waals surface area contributed by atoms with Gasteiger partial charge < -0.3 is 14.4 Å². The van der Waals surface area contributed by atoms with Crippen molar-refractivity contribution in [2.75, 3.05) is 32.9 Å². The maximum Gasteiger partial charge on any atom is 0.222 e. The lowest BCUT2D eigenvalue weighted by atomic mass is 9.76. The second-order valence-electron chi connectivity index (χ2n) is 8.42. The van der Waals surface area contributed by atoms with E-state index in [0.717, 1.165) is 58.4 Å². The smallest absolute Gasteiger partial charge is 0.222 e. The quantitative estimate of drug-likeness (QED) is 0.812. The fraction of sp³-hybridized carbons (Fsp3) is 0.682. The van der Waals surface area contributed by atoms with Crippen molar-refractivity contribution in [2.24, 2.45) is 11.3 Å². The Morgan fingerprint density at radius 3 is 2.58 bits per heavy atom. The highest BCUT2D eigenvalue weighted by atomic mass is 16.5. The number of ether oxygens (including phenoxy) is 2. The zero-order valence-electron chi connectivity index (χ0n) is 15.9. The highest BCUT2D eigenvalue weighted by Crippen LogP contribution is 2.42. The third kappa shape index (κ3) is 3.81. The fourth-order valence-corrected chi connectivity index (χ4v) is 5.00. The Kier molecular flexibility index (Phi) is 5.32. The Balaban J connectivity index is 1.24. The number of hydrogen-bond donors (Lipinski definition) is 0. The van der Waals surface area contributed by atoms with Gasteiger partial charge in [-0.25, -0.2) is 0 Å². The molecule has 0 aromatic heterocycles. The molecule has 1 aliphatic carbocycles. The molecule has 1 atom stereocenters. The lowest BCUT2D eigenvalue weighted by Gasteiger charge is -2.38. The molecule has 2 saturated heterocycles. The van der Waals surface area contributed by atoms with E-state index in [9.17, 15) is 4.79 Å². The monoisotopic (exact) mass is 357 g/mol. The summed E-state index contributed by atoms with van der Waals surface area (Å²) in [5, 5.41) is 0. The minimum Gasteiger partial charge on any atom is -0.379 e. The molecule has 1 amide bonds. The van der Waals surface area contributed by atoms with Crippen molar-refractivity contribution in [3.63, 3.8) is 0 Å². The number of carbonyl (C=O) groups excluding carboxylic acids is 1. The summed E-state index contributed by atoms with van der Waals surface area (Å²) < 4.78 is 11.5. The molecule has 0 radical (unpaired) electrons. The van der Waals surface area contributed by atoms with Gasteiger partial charge >= 0.3 is 0 Å². The molecule has 4 rings (SSSR count). The Morgan fingerprint density at radius 1 is 1.23 bits per heavy atom. The average molecular weight is 357 g/mol. The Labute approximate surface area is 156 Å². The summed E-state index contributed by atoms with van der Waals surface area (Å²) >= 11 is 0. The van der Waals surface area contributed by atoms with Gasteiger partial charge in [0.25, 0.3) is 0 Å². The molecule has 1 aromatic carbocycles. The van der Waals surface area contributed by atoms with E-state index in [1.807, 2.05) is 6.92 Å². The molecule has 2 aliphatic heterocycles. The number of carbonyl (C=O) groups is 1. The summed E-state index contributed by atoms with van der Waals surface area (Å²) in [6, 6.07) is 8.64. The predicted molar refractivity (Wildman–Crippen MR) is 101 cm³/mol. The predicted octanol–water partition coefficient (Wildman–Crippen LogP) is 3.23. The molecule has 1 spiro atoms. The lowest BCUT2D eigenvalue weighted by Crippen LogP contribution is -2.44. The fourth-order valence-electron chi connectivity index (χ4n) is 5.00. The van der Waals surface area contributed by atoms with E-state index in [2.05, 4.69) is 29.2 Å². The Hall–Kier alpha value is -1.39. The van der Waals surface area contributed by atoms with Crippen LogP contribution in [-0.4, -0.2) is 49.8 Å². The number of benzene rings is 1. The number of piperidine rings is 1. The number of rotatable bonds is 5. The van der Waals surface area contributed by atoms with E-state index < -0.39 is 0 Å². The van der Waals surface area contributed by atoms with Crippen molar-refractivity contribution >= 4 is 5.91 Å². The molecule has 0 saturated carbocycles. The molecule has 1 unspecified atom stereocenters. The van der Waals surface area contributed by atoms with Crippen LogP contribution in [0.15, 0.2) is 24.3 Å². The number of amides is 1. The average Bonchev–Trinajstić information content (AvgIpc) is 3.24. The lowest BCUT2D eigenvalue weighted by molar-refractivity contribution is -0.134.